The quantitative estimate of drug-likeness (QED) is 0.230. The van der Waals surface area contributed by atoms with E-state index in [9.17, 15) is 19.2 Å². The average Bonchev–Trinajstić information content (AvgIpc) is 3.24. The SMILES string of the molecule is CC[C@H](C)CCc1ccnc(SSCCOC(=O)Nc2cccc3c2C(=O)N(C2CCC(=O)NC2=O)C3)c1. The number of anilines is 1. The fourth-order valence-electron chi connectivity index (χ4n) is 4.40. The molecule has 4 amide bonds. The van der Waals surface area contributed by atoms with Crippen LogP contribution in [-0.4, -0.2) is 52.1 Å². The Morgan fingerprint density at radius 2 is 2.13 bits per heavy atom. The first-order valence-corrected chi connectivity index (χ1v) is 15.1. The zero-order valence-electron chi connectivity index (χ0n) is 21.5. The fraction of sp³-hybridized carbons (Fsp3) is 0.444. The smallest absolute Gasteiger partial charge is 0.411 e. The lowest BCUT2D eigenvalue weighted by Crippen LogP contribution is -2.52. The van der Waals surface area contributed by atoms with Crippen LogP contribution in [0.1, 0.15) is 61.0 Å². The van der Waals surface area contributed by atoms with Crippen LogP contribution >= 0.6 is 21.6 Å². The summed E-state index contributed by atoms with van der Waals surface area (Å²) in [7, 11) is 3.11. The van der Waals surface area contributed by atoms with Crippen molar-refractivity contribution < 1.29 is 23.9 Å². The van der Waals surface area contributed by atoms with Gasteiger partial charge in [0.05, 0.1) is 11.3 Å². The van der Waals surface area contributed by atoms with Gasteiger partial charge in [0.2, 0.25) is 11.8 Å². The number of rotatable bonds is 11. The summed E-state index contributed by atoms with van der Waals surface area (Å²) in [6.07, 6.45) is 5.02. The Morgan fingerprint density at radius 1 is 1.29 bits per heavy atom. The monoisotopic (exact) mass is 556 g/mol. The second-order valence-electron chi connectivity index (χ2n) is 9.46. The zero-order valence-corrected chi connectivity index (χ0v) is 23.2. The molecule has 1 fully saturated rings. The Kier molecular flexibility index (Phi) is 9.68. The Morgan fingerprint density at radius 3 is 2.92 bits per heavy atom. The van der Waals surface area contributed by atoms with Crippen molar-refractivity contribution in [2.24, 2.45) is 5.92 Å². The maximum absolute atomic E-state index is 13.1. The van der Waals surface area contributed by atoms with Crippen LogP contribution in [-0.2, 0) is 27.3 Å². The van der Waals surface area contributed by atoms with E-state index in [1.54, 1.807) is 39.8 Å². The minimum absolute atomic E-state index is 0.185. The van der Waals surface area contributed by atoms with Crippen LogP contribution in [0.3, 0.4) is 0 Å². The van der Waals surface area contributed by atoms with E-state index < -0.39 is 18.0 Å². The van der Waals surface area contributed by atoms with Crippen LogP contribution in [0.2, 0.25) is 0 Å². The molecule has 11 heteroatoms. The lowest BCUT2D eigenvalue weighted by Gasteiger charge is -2.29. The van der Waals surface area contributed by atoms with E-state index in [1.165, 1.54) is 16.9 Å². The van der Waals surface area contributed by atoms with Crippen LogP contribution in [0, 0.1) is 5.92 Å². The lowest BCUT2D eigenvalue weighted by molar-refractivity contribution is -0.136. The van der Waals surface area contributed by atoms with Crippen molar-refractivity contribution in [2.75, 3.05) is 17.7 Å². The number of aromatic nitrogens is 1. The molecule has 2 aliphatic heterocycles. The number of hydrogen-bond acceptors (Lipinski definition) is 8. The van der Waals surface area contributed by atoms with Crippen molar-refractivity contribution in [3.8, 4) is 0 Å². The summed E-state index contributed by atoms with van der Waals surface area (Å²) >= 11 is 0. The molecule has 1 saturated heterocycles. The molecule has 2 atom stereocenters. The van der Waals surface area contributed by atoms with Crippen molar-refractivity contribution >= 4 is 51.1 Å². The van der Waals surface area contributed by atoms with Crippen LogP contribution in [0.4, 0.5) is 10.5 Å². The van der Waals surface area contributed by atoms with Crippen molar-refractivity contribution in [1.29, 1.82) is 0 Å². The third-order valence-corrected chi connectivity index (χ3v) is 8.97. The molecule has 0 radical (unpaired) electrons. The Hall–Kier alpha value is -3.05. The highest BCUT2D eigenvalue weighted by Gasteiger charge is 2.40. The number of aryl methyl sites for hydroxylation is 1. The van der Waals surface area contributed by atoms with E-state index >= 15 is 0 Å². The molecule has 0 saturated carbocycles. The third-order valence-electron chi connectivity index (χ3n) is 6.76. The first-order chi connectivity index (χ1) is 18.4. The minimum atomic E-state index is -0.711. The van der Waals surface area contributed by atoms with Gasteiger partial charge in [0, 0.05) is 24.9 Å². The van der Waals surface area contributed by atoms with Gasteiger partial charge in [-0.15, -0.1) is 0 Å². The Labute approximate surface area is 230 Å². The van der Waals surface area contributed by atoms with Crippen LogP contribution in [0.25, 0.3) is 0 Å². The van der Waals surface area contributed by atoms with Crippen molar-refractivity contribution in [3.05, 3.63) is 53.2 Å². The summed E-state index contributed by atoms with van der Waals surface area (Å²) in [5.74, 6) is 0.123. The lowest BCUT2D eigenvalue weighted by atomic mass is 10.00. The molecule has 2 aliphatic rings. The molecule has 1 unspecified atom stereocenters. The van der Waals surface area contributed by atoms with Gasteiger partial charge in [-0.25, -0.2) is 9.78 Å². The molecule has 0 aliphatic carbocycles. The highest BCUT2D eigenvalue weighted by molar-refractivity contribution is 8.76. The van der Waals surface area contributed by atoms with Crippen LogP contribution < -0.4 is 10.6 Å². The van der Waals surface area contributed by atoms with Gasteiger partial charge in [0.25, 0.3) is 5.91 Å². The number of carbonyl (C=O) groups is 4. The molecule has 0 bridgehead atoms. The molecule has 202 valence electrons. The molecular formula is C27H32N4O5S2. The predicted molar refractivity (Wildman–Crippen MR) is 148 cm³/mol. The van der Waals surface area contributed by atoms with Crippen LogP contribution in [0.5, 0.6) is 0 Å². The van der Waals surface area contributed by atoms with Crippen molar-refractivity contribution in [3.63, 3.8) is 0 Å². The van der Waals surface area contributed by atoms with Crippen LogP contribution in [0.15, 0.2) is 41.6 Å². The van der Waals surface area contributed by atoms with Crippen molar-refractivity contribution in [2.45, 2.75) is 63.6 Å². The molecule has 2 N–H and O–H groups in total. The molecule has 3 heterocycles. The maximum Gasteiger partial charge on any atom is 0.411 e. The average molecular weight is 557 g/mol. The Bertz CT molecular complexity index is 1210. The van der Waals surface area contributed by atoms with E-state index in [0.717, 1.165) is 17.9 Å². The number of fused-ring (bicyclic) bond motifs is 1. The number of piperidine rings is 1. The number of pyridine rings is 1. The van der Waals surface area contributed by atoms with E-state index in [-0.39, 0.29) is 37.8 Å². The van der Waals surface area contributed by atoms with E-state index in [0.29, 0.717) is 28.5 Å². The van der Waals surface area contributed by atoms with Gasteiger partial charge >= 0.3 is 6.09 Å². The molecule has 1 aromatic heterocycles. The van der Waals surface area contributed by atoms with Gasteiger partial charge in [-0.1, -0.05) is 43.2 Å². The topological polar surface area (TPSA) is 118 Å². The third kappa shape index (κ3) is 7.08. The number of nitrogens with one attached hydrogen (secondary N) is 2. The molecule has 0 spiro atoms. The van der Waals surface area contributed by atoms with E-state index in [2.05, 4.69) is 41.6 Å². The standard InChI is InChI=1S/C27H32N4O5S2/c1-3-17(2)7-8-18-11-12-28-23(15-18)38-37-14-13-36-27(35)29-20-6-4-5-19-16-31(26(34)24(19)20)21-9-10-22(32)30-25(21)33/h4-6,11-12,15,17,21H,3,7-10,13-14,16H2,1-2H3,(H,29,35)(H,30,32,33)/t17-,21?/m0/s1. The highest BCUT2D eigenvalue weighted by atomic mass is 33.1. The number of ether oxygens (including phenoxy) is 1. The van der Waals surface area contributed by atoms with E-state index in [4.69, 9.17) is 4.74 Å². The second kappa shape index (κ2) is 13.1. The van der Waals surface area contributed by atoms with Gasteiger partial charge < -0.3 is 9.64 Å². The number of carbonyl (C=O) groups excluding carboxylic acids is 4. The van der Waals surface area contributed by atoms with Gasteiger partial charge in [-0.05, 0) is 65.3 Å². The summed E-state index contributed by atoms with van der Waals surface area (Å²) in [5, 5.41) is 5.89. The molecule has 38 heavy (non-hydrogen) atoms. The van der Waals surface area contributed by atoms with Gasteiger partial charge in [-0.2, -0.15) is 0 Å². The molecule has 1 aromatic carbocycles. The number of nitrogens with zero attached hydrogens (tertiary/aromatic N) is 2. The minimum Gasteiger partial charge on any atom is -0.448 e. The second-order valence-corrected chi connectivity index (χ2v) is 11.9. The zero-order chi connectivity index (χ0) is 27.1. The summed E-state index contributed by atoms with van der Waals surface area (Å²) in [6.45, 7) is 4.91. The molecule has 2 aromatic rings. The molecular weight excluding hydrogens is 524 g/mol. The van der Waals surface area contributed by atoms with Gasteiger partial charge in [0.15, 0.2) is 0 Å². The fourth-order valence-corrected chi connectivity index (χ4v) is 6.15. The summed E-state index contributed by atoms with van der Waals surface area (Å²) in [4.78, 5) is 55.2. The number of benzene rings is 1. The largest absolute Gasteiger partial charge is 0.448 e. The first-order valence-electron chi connectivity index (χ1n) is 12.8. The normalized spacial score (nSPS) is 17.7. The van der Waals surface area contributed by atoms with Gasteiger partial charge in [-0.3, -0.25) is 25.0 Å². The highest BCUT2D eigenvalue weighted by Crippen LogP contribution is 2.33. The van der Waals surface area contributed by atoms with Gasteiger partial charge in [0.1, 0.15) is 17.7 Å². The summed E-state index contributed by atoms with van der Waals surface area (Å²) in [6, 6.07) is 8.62. The maximum atomic E-state index is 13.1. The number of amides is 4. The Balaban J connectivity index is 1.23. The van der Waals surface area contributed by atoms with Crippen molar-refractivity contribution in [1.82, 2.24) is 15.2 Å². The van der Waals surface area contributed by atoms with E-state index in [1.807, 2.05) is 6.20 Å². The first kappa shape index (κ1) is 28.0. The molecule has 9 nitrogen and oxygen atoms in total. The summed E-state index contributed by atoms with van der Waals surface area (Å²) in [5.41, 5.74) is 2.68. The number of hydrogen-bond donors (Lipinski definition) is 2. The molecule has 4 rings (SSSR count). The predicted octanol–water partition coefficient (Wildman–Crippen LogP) is 4.81. The number of imide groups is 1. The summed E-state index contributed by atoms with van der Waals surface area (Å²) < 4.78 is 5.32.